The summed E-state index contributed by atoms with van der Waals surface area (Å²) >= 11 is 0. The first-order valence-corrected chi connectivity index (χ1v) is 7.34. The Morgan fingerprint density at radius 3 is 2.82 bits per heavy atom. The monoisotopic (exact) mass is 300 g/mol. The molecule has 4 heteroatoms. The van der Waals surface area contributed by atoms with E-state index in [2.05, 4.69) is 16.7 Å². The van der Waals surface area contributed by atoms with Crippen LogP contribution in [0.4, 0.5) is 10.5 Å². The van der Waals surface area contributed by atoms with Crippen LogP contribution in [0.25, 0.3) is 0 Å². The Labute approximate surface area is 133 Å². The maximum absolute atomic E-state index is 12.1. The number of carbonyl (C=O) groups is 2. The summed E-state index contributed by atoms with van der Waals surface area (Å²) in [6.45, 7) is 3.97. The Hall–Kier alpha value is -2.62. The molecule has 2 N–H and O–H groups in total. The molecule has 1 aromatic carbocycles. The summed E-state index contributed by atoms with van der Waals surface area (Å²) in [5, 5.41) is 5.63. The Morgan fingerprint density at radius 2 is 2.09 bits per heavy atom. The van der Waals surface area contributed by atoms with E-state index in [9.17, 15) is 9.59 Å². The normalized spacial score (nSPS) is 13.7. The highest BCUT2D eigenvalue weighted by Crippen LogP contribution is 2.19. The fourth-order valence-electron chi connectivity index (χ4n) is 2.33. The van der Waals surface area contributed by atoms with Gasteiger partial charge >= 0.3 is 6.03 Å². The van der Waals surface area contributed by atoms with Gasteiger partial charge in [0.05, 0.1) is 0 Å². The van der Waals surface area contributed by atoms with Crippen molar-refractivity contribution in [2.24, 2.45) is 0 Å². The second kappa shape index (κ2) is 7.41. The molecule has 0 saturated carbocycles. The highest BCUT2D eigenvalue weighted by atomic mass is 16.2. The second-order valence-electron chi connectivity index (χ2n) is 5.10. The van der Waals surface area contributed by atoms with Gasteiger partial charge in [-0.1, -0.05) is 42.9 Å². The third kappa shape index (κ3) is 3.95. The summed E-state index contributed by atoms with van der Waals surface area (Å²) in [5.74, 6) is 0. The van der Waals surface area contributed by atoms with Crippen LogP contribution in [-0.2, 0) is 6.42 Å². The van der Waals surface area contributed by atoms with E-state index in [1.165, 1.54) is 5.57 Å². The van der Waals surface area contributed by atoms with Crippen molar-refractivity contribution in [1.82, 2.24) is 5.32 Å². The number of carbonyl (C=O) groups excluding carboxylic acids is 2. The molecular formula is C18H24N2O2. The van der Waals surface area contributed by atoms with E-state index in [-0.39, 0.29) is 8.88 Å². The third-order valence-electron chi connectivity index (χ3n) is 3.50. The van der Waals surface area contributed by atoms with Crippen molar-refractivity contribution in [2.75, 3.05) is 5.32 Å². The maximum Gasteiger partial charge on any atom is 0.323 e. The Kier molecular flexibility index (Phi) is 5.31. The van der Waals surface area contributed by atoms with Gasteiger partial charge in [0.25, 0.3) is 0 Å². The second-order valence-corrected chi connectivity index (χ2v) is 5.10. The number of hydrogen-bond acceptors (Lipinski definition) is 2. The Bertz CT molecular complexity index is 680. The van der Waals surface area contributed by atoms with Gasteiger partial charge in [-0.25, -0.2) is 4.79 Å². The zero-order valence-electron chi connectivity index (χ0n) is 12.8. The van der Waals surface area contributed by atoms with Crippen LogP contribution in [0.5, 0.6) is 0 Å². The molecule has 118 valence electrons. The van der Waals surface area contributed by atoms with Gasteiger partial charge < -0.3 is 10.6 Å². The lowest BCUT2D eigenvalue weighted by molar-refractivity contribution is 0.112. The summed E-state index contributed by atoms with van der Waals surface area (Å²) in [4.78, 5) is 23.2. The van der Waals surface area contributed by atoms with Crippen LogP contribution < -0.4 is 10.6 Å². The number of anilines is 1. The molecule has 0 aliphatic heterocycles. The zero-order valence-corrected chi connectivity index (χ0v) is 12.8. The molecule has 4 nitrogen and oxygen atoms in total. The molecule has 2 amide bonds. The van der Waals surface area contributed by atoms with Gasteiger partial charge in [-0.3, -0.25) is 4.79 Å². The first kappa shape index (κ1) is 15.8. The molecule has 0 unspecified atom stereocenters. The van der Waals surface area contributed by atoms with Crippen molar-refractivity contribution in [1.29, 1.82) is 0 Å². The van der Waals surface area contributed by atoms with E-state index in [0.29, 0.717) is 17.7 Å². The predicted molar refractivity (Wildman–Crippen MR) is 93.2 cm³/mol. The van der Waals surface area contributed by atoms with E-state index in [4.69, 9.17) is 0 Å². The lowest BCUT2D eigenvalue weighted by atomic mass is 10.0. The quantitative estimate of drug-likeness (QED) is 0.806. The number of urea groups is 1. The molecule has 1 aliphatic carbocycles. The van der Waals surface area contributed by atoms with E-state index in [1.54, 1.807) is 18.2 Å². The molecule has 0 radical (unpaired) electrons. The SMILES string of the molecule is CCc1c(C=O)cccc1NC(=O)NC1=CCC=C(C)C=C1.[HH].[HH]. The van der Waals surface area contributed by atoms with Crippen molar-refractivity contribution < 1.29 is 12.4 Å². The topological polar surface area (TPSA) is 58.2 Å². The molecule has 1 aromatic rings. The molecular weight excluding hydrogens is 276 g/mol. The fourth-order valence-corrected chi connectivity index (χ4v) is 2.33. The molecule has 1 aliphatic rings. The third-order valence-corrected chi connectivity index (χ3v) is 3.50. The smallest absolute Gasteiger partial charge is 0.308 e. The van der Waals surface area contributed by atoms with Crippen molar-refractivity contribution in [2.45, 2.75) is 26.7 Å². The number of aldehydes is 1. The van der Waals surface area contributed by atoms with Gasteiger partial charge in [0.15, 0.2) is 0 Å². The minimum atomic E-state index is -0.312. The standard InChI is InChI=1S/C18H20N2O2.2H2/c1-3-16-14(12-21)7-5-9-17(16)20-18(22)19-15-8-4-6-13(2)10-11-15;;/h5-12H,3-4H2,1-2H3,(H2,19,20,22);2*1H. The van der Waals surface area contributed by atoms with E-state index >= 15 is 0 Å². The number of nitrogens with one attached hydrogen (secondary N) is 2. The first-order valence-electron chi connectivity index (χ1n) is 7.34. The predicted octanol–water partition coefficient (Wildman–Crippen LogP) is 4.47. The number of hydrogen-bond donors (Lipinski definition) is 2. The zero-order chi connectivity index (χ0) is 15.9. The molecule has 0 bridgehead atoms. The average molecular weight is 300 g/mol. The minimum absolute atomic E-state index is 0. The van der Waals surface area contributed by atoms with Gasteiger partial charge in [-0.2, -0.15) is 0 Å². The molecule has 0 fully saturated rings. The molecule has 0 heterocycles. The average Bonchev–Trinajstić information content (AvgIpc) is 2.71. The van der Waals surface area contributed by atoms with Gasteiger partial charge in [-0.15, -0.1) is 0 Å². The number of benzene rings is 1. The summed E-state index contributed by atoms with van der Waals surface area (Å²) in [6.07, 6.45) is 10.2. The molecule has 22 heavy (non-hydrogen) atoms. The van der Waals surface area contributed by atoms with Crippen LogP contribution in [0.1, 0.15) is 39.0 Å². The lowest BCUT2D eigenvalue weighted by Gasteiger charge is -2.13. The van der Waals surface area contributed by atoms with Gasteiger partial charge in [0, 0.05) is 19.8 Å². The van der Waals surface area contributed by atoms with E-state index in [1.807, 2.05) is 32.1 Å². The first-order chi connectivity index (χ1) is 10.6. The Balaban J connectivity index is 0.00000264. The van der Waals surface area contributed by atoms with Crippen LogP contribution in [0.15, 0.2) is 53.8 Å². The molecule has 0 spiro atoms. The maximum atomic E-state index is 12.1. The van der Waals surface area contributed by atoms with E-state index in [0.717, 1.165) is 24.0 Å². The summed E-state index contributed by atoms with van der Waals surface area (Å²) in [5.41, 5.74) is 4.04. The fraction of sp³-hybridized carbons (Fsp3) is 0.222. The highest BCUT2D eigenvalue weighted by Gasteiger charge is 2.10. The van der Waals surface area contributed by atoms with Crippen LogP contribution in [0, 0.1) is 0 Å². The summed E-state index contributed by atoms with van der Waals surface area (Å²) in [7, 11) is 0. The lowest BCUT2D eigenvalue weighted by Crippen LogP contribution is -2.28. The van der Waals surface area contributed by atoms with Crippen molar-refractivity contribution >= 4 is 18.0 Å². The van der Waals surface area contributed by atoms with Gasteiger partial charge in [0.2, 0.25) is 0 Å². The Morgan fingerprint density at radius 1 is 1.27 bits per heavy atom. The van der Waals surface area contributed by atoms with Crippen molar-refractivity contribution in [3.05, 3.63) is 64.9 Å². The van der Waals surface area contributed by atoms with Crippen LogP contribution in [0.2, 0.25) is 0 Å². The number of amides is 2. The van der Waals surface area contributed by atoms with E-state index < -0.39 is 0 Å². The summed E-state index contributed by atoms with van der Waals surface area (Å²) in [6, 6.07) is 5.00. The number of rotatable bonds is 4. The highest BCUT2D eigenvalue weighted by molar-refractivity contribution is 5.93. The number of allylic oxidation sites excluding steroid dienone is 5. The van der Waals surface area contributed by atoms with Crippen molar-refractivity contribution in [3.8, 4) is 0 Å². The van der Waals surface area contributed by atoms with Crippen molar-refractivity contribution in [3.63, 3.8) is 0 Å². The van der Waals surface area contributed by atoms with Crippen LogP contribution in [-0.4, -0.2) is 12.3 Å². The molecule has 0 aromatic heterocycles. The van der Waals surface area contributed by atoms with Gasteiger partial charge in [-0.05, 0) is 37.5 Å². The summed E-state index contributed by atoms with van der Waals surface area (Å²) < 4.78 is 0. The molecule has 0 saturated heterocycles. The van der Waals surface area contributed by atoms with Crippen LogP contribution >= 0.6 is 0 Å². The molecule has 2 rings (SSSR count). The largest absolute Gasteiger partial charge is 0.323 e. The minimum Gasteiger partial charge on any atom is -0.308 e. The van der Waals surface area contributed by atoms with Crippen LogP contribution in [0.3, 0.4) is 0 Å². The van der Waals surface area contributed by atoms with Gasteiger partial charge in [0.1, 0.15) is 6.29 Å². The molecule has 0 atom stereocenters.